The number of aromatic nitrogens is 5. The number of nitrogens with zero attached hydrogens (tertiary/aromatic N) is 5. The first-order chi connectivity index (χ1) is 15.5. The van der Waals surface area contributed by atoms with Crippen molar-refractivity contribution in [1.29, 1.82) is 0 Å². The third-order valence-electron chi connectivity index (χ3n) is 6.38. The number of aromatic amines is 1. The van der Waals surface area contributed by atoms with E-state index < -0.39 is 0 Å². The van der Waals surface area contributed by atoms with E-state index in [1.165, 1.54) is 6.42 Å². The van der Waals surface area contributed by atoms with Gasteiger partial charge in [0.1, 0.15) is 18.3 Å². The molecule has 1 aromatic carbocycles. The molecule has 8 nitrogen and oxygen atoms in total. The number of hydrogen-bond donors (Lipinski definition) is 1. The molecule has 0 aliphatic carbocycles. The highest BCUT2D eigenvalue weighted by atomic mass is 16.3. The lowest BCUT2D eigenvalue weighted by Gasteiger charge is -2.36. The van der Waals surface area contributed by atoms with Gasteiger partial charge >= 0.3 is 0 Å². The number of aryl methyl sites for hydroxylation is 2. The minimum absolute atomic E-state index is 0.0988. The van der Waals surface area contributed by atoms with Crippen molar-refractivity contribution in [2.45, 2.75) is 46.2 Å². The van der Waals surface area contributed by atoms with Crippen LogP contribution in [-0.4, -0.2) is 43.2 Å². The summed E-state index contributed by atoms with van der Waals surface area (Å²) in [7, 11) is 0. The van der Waals surface area contributed by atoms with Gasteiger partial charge in [0.2, 0.25) is 0 Å². The summed E-state index contributed by atoms with van der Waals surface area (Å²) < 4.78 is 7.26. The molecule has 1 fully saturated rings. The van der Waals surface area contributed by atoms with Crippen LogP contribution in [0.2, 0.25) is 0 Å². The molecule has 0 bridgehead atoms. The maximum absolute atomic E-state index is 13.4. The van der Waals surface area contributed by atoms with Crippen LogP contribution in [0.1, 0.15) is 54.1 Å². The summed E-state index contributed by atoms with van der Waals surface area (Å²) in [6.07, 6.45) is 3.91. The maximum Gasteiger partial charge on any atom is 0.253 e. The van der Waals surface area contributed by atoms with E-state index in [1.807, 2.05) is 31.2 Å². The fourth-order valence-corrected chi connectivity index (χ4v) is 4.92. The summed E-state index contributed by atoms with van der Waals surface area (Å²) in [6, 6.07) is 9.60. The molecule has 1 N–H and O–H groups in total. The second-order valence-electron chi connectivity index (χ2n) is 9.02. The number of fused-ring (bicyclic) bond motifs is 1. The van der Waals surface area contributed by atoms with Crippen molar-refractivity contribution in [1.82, 2.24) is 30.1 Å². The van der Waals surface area contributed by atoms with Gasteiger partial charge in [-0.3, -0.25) is 9.69 Å². The molecule has 32 heavy (non-hydrogen) atoms. The Hall–Kier alpha value is -3.26. The predicted octanol–water partition coefficient (Wildman–Crippen LogP) is 3.59. The van der Waals surface area contributed by atoms with Crippen LogP contribution in [0.3, 0.4) is 0 Å². The maximum atomic E-state index is 13.4. The molecule has 0 spiro atoms. The fourth-order valence-electron chi connectivity index (χ4n) is 4.92. The molecule has 0 amide bonds. The summed E-state index contributed by atoms with van der Waals surface area (Å²) in [4.78, 5) is 18.8. The molecule has 3 aromatic heterocycles. The van der Waals surface area contributed by atoms with Gasteiger partial charge in [-0.1, -0.05) is 13.0 Å². The normalized spacial score (nSPS) is 18.3. The first-order valence-corrected chi connectivity index (χ1v) is 11.2. The van der Waals surface area contributed by atoms with Gasteiger partial charge in [0, 0.05) is 23.0 Å². The molecular weight excluding hydrogens is 404 g/mol. The quantitative estimate of drug-likeness (QED) is 0.518. The summed E-state index contributed by atoms with van der Waals surface area (Å²) in [5, 5.41) is 13.6. The Morgan fingerprint density at radius 3 is 2.94 bits per heavy atom. The average Bonchev–Trinajstić information content (AvgIpc) is 3.42. The van der Waals surface area contributed by atoms with Crippen molar-refractivity contribution in [3.05, 3.63) is 75.2 Å². The number of piperidine rings is 1. The largest absolute Gasteiger partial charge is 0.467 e. The van der Waals surface area contributed by atoms with Crippen molar-refractivity contribution in [3.63, 3.8) is 0 Å². The third kappa shape index (κ3) is 3.86. The highest BCUT2D eigenvalue weighted by Gasteiger charge is 2.33. The molecule has 5 rings (SSSR count). The number of benzene rings is 1. The Bertz CT molecular complexity index is 1290. The average molecular weight is 433 g/mol. The van der Waals surface area contributed by atoms with Crippen LogP contribution in [0.15, 0.2) is 45.8 Å². The minimum Gasteiger partial charge on any atom is -0.467 e. The van der Waals surface area contributed by atoms with Crippen LogP contribution in [-0.2, 0) is 6.54 Å². The molecule has 0 radical (unpaired) electrons. The first-order valence-electron chi connectivity index (χ1n) is 11.2. The van der Waals surface area contributed by atoms with Gasteiger partial charge in [-0.25, -0.2) is 4.68 Å². The van der Waals surface area contributed by atoms with Gasteiger partial charge in [-0.15, -0.1) is 5.10 Å². The zero-order chi connectivity index (χ0) is 22.2. The van der Waals surface area contributed by atoms with E-state index in [0.29, 0.717) is 23.9 Å². The molecule has 166 valence electrons. The fraction of sp³-hybridized carbons (Fsp3) is 0.417. The SMILES string of the molecule is Cc1cc(C)c2cc(C(c3nnnn3Cc3ccco3)N3CCCC(C)C3)c(=O)[nH]c2c1. The zero-order valence-electron chi connectivity index (χ0n) is 18.7. The van der Waals surface area contributed by atoms with Gasteiger partial charge in [0.25, 0.3) is 5.56 Å². The Labute approximate surface area is 186 Å². The summed E-state index contributed by atoms with van der Waals surface area (Å²) in [5.41, 5.74) is 3.70. The predicted molar refractivity (Wildman–Crippen MR) is 121 cm³/mol. The van der Waals surface area contributed by atoms with E-state index in [-0.39, 0.29) is 11.6 Å². The van der Waals surface area contributed by atoms with E-state index >= 15 is 0 Å². The molecule has 2 atom stereocenters. The third-order valence-corrected chi connectivity index (χ3v) is 6.38. The number of nitrogens with one attached hydrogen (secondary N) is 1. The Morgan fingerprint density at radius 1 is 1.28 bits per heavy atom. The second-order valence-corrected chi connectivity index (χ2v) is 9.02. The molecular formula is C24H28N6O2. The first kappa shape index (κ1) is 20.6. The van der Waals surface area contributed by atoms with Crippen molar-refractivity contribution in [2.24, 2.45) is 5.92 Å². The van der Waals surface area contributed by atoms with E-state index in [0.717, 1.165) is 47.3 Å². The van der Waals surface area contributed by atoms with Crippen molar-refractivity contribution in [2.75, 3.05) is 13.1 Å². The van der Waals surface area contributed by atoms with Crippen LogP contribution in [0.25, 0.3) is 10.9 Å². The lowest BCUT2D eigenvalue weighted by Crippen LogP contribution is -2.41. The van der Waals surface area contributed by atoms with Crippen LogP contribution in [0, 0.1) is 19.8 Å². The molecule has 4 aromatic rings. The number of pyridine rings is 1. The number of likely N-dealkylation sites (tertiary alicyclic amines) is 1. The lowest BCUT2D eigenvalue weighted by atomic mass is 9.95. The number of furan rings is 1. The van der Waals surface area contributed by atoms with Gasteiger partial charge in [-0.05, 0) is 85.0 Å². The number of H-pyrrole nitrogens is 1. The van der Waals surface area contributed by atoms with Gasteiger partial charge in [0.15, 0.2) is 5.82 Å². The molecule has 8 heteroatoms. The molecule has 2 unspecified atom stereocenters. The molecule has 0 saturated carbocycles. The van der Waals surface area contributed by atoms with Crippen LogP contribution in [0.4, 0.5) is 0 Å². The molecule has 4 heterocycles. The van der Waals surface area contributed by atoms with Crippen molar-refractivity contribution >= 4 is 10.9 Å². The highest BCUT2D eigenvalue weighted by molar-refractivity contribution is 5.83. The standard InChI is InChI=1S/C24H28N6O2/c1-15-6-4-8-29(13-15)22(23-26-27-28-30(23)14-18-7-5-9-32-18)20-12-19-17(3)10-16(2)11-21(19)25-24(20)31/h5,7,9-12,15,22H,4,6,8,13-14H2,1-3H3,(H,25,31). The summed E-state index contributed by atoms with van der Waals surface area (Å²) in [6.45, 7) is 8.58. The lowest BCUT2D eigenvalue weighted by molar-refractivity contribution is 0.141. The summed E-state index contributed by atoms with van der Waals surface area (Å²) >= 11 is 0. The Kier molecular flexibility index (Phi) is 5.38. The van der Waals surface area contributed by atoms with Gasteiger partial charge in [0.05, 0.1) is 6.26 Å². The van der Waals surface area contributed by atoms with Crippen LogP contribution < -0.4 is 5.56 Å². The summed E-state index contributed by atoms with van der Waals surface area (Å²) in [5.74, 6) is 1.97. The molecule has 1 aliphatic rings. The van der Waals surface area contributed by atoms with E-state index in [4.69, 9.17) is 4.42 Å². The van der Waals surface area contributed by atoms with E-state index in [2.05, 4.69) is 45.3 Å². The van der Waals surface area contributed by atoms with Crippen LogP contribution in [0.5, 0.6) is 0 Å². The monoisotopic (exact) mass is 432 g/mol. The minimum atomic E-state index is -0.337. The highest BCUT2D eigenvalue weighted by Crippen LogP contribution is 2.31. The molecule has 1 aliphatic heterocycles. The van der Waals surface area contributed by atoms with E-state index in [1.54, 1.807) is 10.9 Å². The Morgan fingerprint density at radius 2 is 2.16 bits per heavy atom. The van der Waals surface area contributed by atoms with Crippen molar-refractivity contribution < 1.29 is 4.42 Å². The zero-order valence-corrected chi connectivity index (χ0v) is 18.7. The van der Waals surface area contributed by atoms with E-state index in [9.17, 15) is 4.79 Å². The second kappa shape index (κ2) is 8.35. The Balaban J connectivity index is 1.66. The van der Waals surface area contributed by atoms with Gasteiger partial charge in [-0.2, -0.15) is 0 Å². The number of hydrogen-bond acceptors (Lipinski definition) is 6. The van der Waals surface area contributed by atoms with Crippen LogP contribution >= 0.6 is 0 Å². The van der Waals surface area contributed by atoms with Crippen molar-refractivity contribution in [3.8, 4) is 0 Å². The smallest absolute Gasteiger partial charge is 0.253 e. The molecule has 1 saturated heterocycles. The van der Waals surface area contributed by atoms with Gasteiger partial charge < -0.3 is 9.40 Å². The number of tetrazole rings is 1. The topological polar surface area (TPSA) is 92.8 Å². The number of rotatable bonds is 5.